The first-order valence-corrected chi connectivity index (χ1v) is 5.99. The van der Waals surface area contributed by atoms with Gasteiger partial charge in [0.25, 0.3) is 5.91 Å². The summed E-state index contributed by atoms with van der Waals surface area (Å²) < 4.78 is 5.67. The number of nitrogens with one attached hydrogen (secondary N) is 1. The summed E-state index contributed by atoms with van der Waals surface area (Å²) in [4.78, 5) is 26.7. The second kappa shape index (κ2) is 7.24. The van der Waals surface area contributed by atoms with Gasteiger partial charge in [-0.05, 0) is 19.3 Å². The van der Waals surface area contributed by atoms with Crippen molar-refractivity contribution in [2.75, 3.05) is 6.61 Å². The van der Waals surface area contributed by atoms with Crippen LogP contribution in [0.25, 0.3) is 0 Å². The lowest BCUT2D eigenvalue weighted by atomic mass is 10.2. The number of rotatable bonds is 7. The maximum absolute atomic E-state index is 11.6. The molecule has 1 aliphatic rings. The highest BCUT2D eigenvalue weighted by Crippen LogP contribution is 2.22. The van der Waals surface area contributed by atoms with E-state index < -0.39 is 12.0 Å². The molecule has 0 aromatic carbocycles. The van der Waals surface area contributed by atoms with Gasteiger partial charge in [0.15, 0.2) is 6.61 Å². The third-order valence-electron chi connectivity index (χ3n) is 2.71. The summed E-state index contributed by atoms with van der Waals surface area (Å²) in [5.41, 5.74) is 7.05. The van der Waals surface area contributed by atoms with Gasteiger partial charge in [0.05, 0.1) is 6.10 Å². The van der Waals surface area contributed by atoms with Crippen LogP contribution < -0.4 is 11.2 Å². The SMILES string of the molecule is CCC(OC1CCCC1)C(=O)NOCC(N)=O. The van der Waals surface area contributed by atoms with Crippen molar-refractivity contribution in [3.8, 4) is 0 Å². The molecule has 1 aliphatic carbocycles. The minimum atomic E-state index is -0.630. The number of hydrogen-bond acceptors (Lipinski definition) is 4. The summed E-state index contributed by atoms with van der Waals surface area (Å²) in [5.74, 6) is -0.990. The van der Waals surface area contributed by atoms with Gasteiger partial charge in [-0.2, -0.15) is 0 Å². The lowest BCUT2D eigenvalue weighted by Crippen LogP contribution is -2.39. The van der Waals surface area contributed by atoms with E-state index in [1.165, 1.54) is 0 Å². The summed E-state index contributed by atoms with van der Waals surface area (Å²) in [6.45, 7) is 1.54. The van der Waals surface area contributed by atoms with Crippen LogP contribution in [-0.2, 0) is 19.2 Å². The number of amides is 2. The number of carbonyl (C=O) groups excluding carboxylic acids is 2. The molecule has 0 aromatic rings. The first kappa shape index (κ1) is 13.9. The van der Waals surface area contributed by atoms with E-state index in [0.717, 1.165) is 25.7 Å². The van der Waals surface area contributed by atoms with Gasteiger partial charge in [0.1, 0.15) is 6.10 Å². The third-order valence-corrected chi connectivity index (χ3v) is 2.71. The van der Waals surface area contributed by atoms with Crippen molar-refractivity contribution in [3.05, 3.63) is 0 Å². The van der Waals surface area contributed by atoms with E-state index >= 15 is 0 Å². The third kappa shape index (κ3) is 5.14. The fraction of sp³-hybridized carbons (Fsp3) is 0.818. The fourth-order valence-corrected chi connectivity index (χ4v) is 1.84. The van der Waals surface area contributed by atoms with Gasteiger partial charge >= 0.3 is 0 Å². The van der Waals surface area contributed by atoms with Crippen molar-refractivity contribution >= 4 is 11.8 Å². The lowest BCUT2D eigenvalue weighted by Gasteiger charge is -2.19. The van der Waals surface area contributed by atoms with Crippen LogP contribution in [0.1, 0.15) is 39.0 Å². The van der Waals surface area contributed by atoms with Gasteiger partial charge in [-0.1, -0.05) is 19.8 Å². The maximum atomic E-state index is 11.6. The predicted octanol–water partition coefficient (Wildman–Crippen LogP) is 0.257. The van der Waals surface area contributed by atoms with Crippen molar-refractivity contribution in [1.29, 1.82) is 0 Å². The molecule has 0 aliphatic heterocycles. The van der Waals surface area contributed by atoms with Gasteiger partial charge < -0.3 is 10.5 Å². The maximum Gasteiger partial charge on any atom is 0.272 e. The molecule has 1 saturated carbocycles. The van der Waals surface area contributed by atoms with E-state index in [1.807, 2.05) is 6.92 Å². The van der Waals surface area contributed by atoms with E-state index in [-0.39, 0.29) is 18.6 Å². The molecule has 6 nitrogen and oxygen atoms in total. The summed E-state index contributed by atoms with van der Waals surface area (Å²) in [6, 6.07) is 0. The van der Waals surface area contributed by atoms with E-state index in [1.54, 1.807) is 0 Å². The Morgan fingerprint density at radius 3 is 2.59 bits per heavy atom. The van der Waals surface area contributed by atoms with E-state index in [9.17, 15) is 9.59 Å². The van der Waals surface area contributed by atoms with Crippen LogP contribution in [0.3, 0.4) is 0 Å². The molecule has 0 saturated heterocycles. The van der Waals surface area contributed by atoms with Crippen molar-refractivity contribution in [2.45, 2.75) is 51.2 Å². The van der Waals surface area contributed by atoms with Crippen LogP contribution in [0.15, 0.2) is 0 Å². The molecule has 0 spiro atoms. The highest BCUT2D eigenvalue weighted by Gasteiger charge is 2.24. The largest absolute Gasteiger partial charge is 0.368 e. The molecule has 1 unspecified atom stereocenters. The zero-order chi connectivity index (χ0) is 12.7. The second-order valence-corrected chi connectivity index (χ2v) is 4.16. The highest BCUT2D eigenvalue weighted by atomic mass is 16.7. The van der Waals surface area contributed by atoms with Crippen molar-refractivity contribution in [3.63, 3.8) is 0 Å². The molecular formula is C11H20N2O4. The predicted molar refractivity (Wildman–Crippen MR) is 60.7 cm³/mol. The Bertz CT molecular complexity index is 264. The molecule has 2 amide bonds. The Kier molecular flexibility index (Phi) is 5.93. The molecule has 98 valence electrons. The van der Waals surface area contributed by atoms with Crippen molar-refractivity contribution in [2.24, 2.45) is 5.73 Å². The Morgan fingerprint density at radius 1 is 1.41 bits per heavy atom. The average molecular weight is 244 g/mol. The first-order chi connectivity index (χ1) is 8.13. The van der Waals surface area contributed by atoms with E-state index in [0.29, 0.717) is 6.42 Å². The fourth-order valence-electron chi connectivity index (χ4n) is 1.84. The summed E-state index contributed by atoms with van der Waals surface area (Å²) in [6.07, 6.45) is 4.54. The number of carbonyl (C=O) groups is 2. The molecule has 0 bridgehead atoms. The van der Waals surface area contributed by atoms with Crippen LogP contribution in [0.2, 0.25) is 0 Å². The van der Waals surface area contributed by atoms with Gasteiger partial charge in [0, 0.05) is 0 Å². The number of hydroxylamine groups is 1. The first-order valence-electron chi connectivity index (χ1n) is 5.99. The molecule has 6 heteroatoms. The molecule has 3 N–H and O–H groups in total. The van der Waals surface area contributed by atoms with E-state index in [2.05, 4.69) is 10.3 Å². The number of nitrogens with two attached hydrogens (primary N) is 1. The molecule has 17 heavy (non-hydrogen) atoms. The van der Waals surface area contributed by atoms with Crippen LogP contribution in [-0.4, -0.2) is 30.6 Å². The molecule has 0 heterocycles. The Labute approximate surface area is 101 Å². The van der Waals surface area contributed by atoms with Gasteiger partial charge in [0.2, 0.25) is 5.91 Å². The van der Waals surface area contributed by atoms with Gasteiger partial charge in [-0.15, -0.1) is 0 Å². The normalized spacial score (nSPS) is 17.9. The monoisotopic (exact) mass is 244 g/mol. The molecule has 1 fully saturated rings. The smallest absolute Gasteiger partial charge is 0.272 e. The second-order valence-electron chi connectivity index (χ2n) is 4.16. The molecule has 1 rings (SSSR count). The van der Waals surface area contributed by atoms with Crippen LogP contribution in [0.4, 0.5) is 0 Å². The van der Waals surface area contributed by atoms with Crippen molar-refractivity contribution in [1.82, 2.24) is 5.48 Å². The quantitative estimate of drug-likeness (QED) is 0.628. The Morgan fingerprint density at radius 2 is 2.06 bits per heavy atom. The summed E-state index contributed by atoms with van der Waals surface area (Å²) in [5, 5.41) is 0. The molecule has 0 aromatic heterocycles. The molecule has 1 atom stereocenters. The Balaban J connectivity index is 2.27. The van der Waals surface area contributed by atoms with Crippen LogP contribution in [0, 0.1) is 0 Å². The number of hydrogen-bond donors (Lipinski definition) is 2. The zero-order valence-corrected chi connectivity index (χ0v) is 10.1. The molecule has 0 radical (unpaired) electrons. The van der Waals surface area contributed by atoms with Gasteiger partial charge in [-0.25, -0.2) is 5.48 Å². The zero-order valence-electron chi connectivity index (χ0n) is 10.1. The minimum absolute atomic E-state index is 0.168. The van der Waals surface area contributed by atoms with Crippen LogP contribution >= 0.6 is 0 Å². The molecular weight excluding hydrogens is 224 g/mol. The van der Waals surface area contributed by atoms with Crippen molar-refractivity contribution < 1.29 is 19.2 Å². The van der Waals surface area contributed by atoms with E-state index in [4.69, 9.17) is 10.5 Å². The highest BCUT2D eigenvalue weighted by molar-refractivity contribution is 5.80. The lowest BCUT2D eigenvalue weighted by molar-refractivity contribution is -0.151. The van der Waals surface area contributed by atoms with Gasteiger partial charge in [-0.3, -0.25) is 14.4 Å². The number of primary amides is 1. The van der Waals surface area contributed by atoms with Crippen LogP contribution in [0.5, 0.6) is 0 Å². The average Bonchev–Trinajstić information content (AvgIpc) is 2.77. The Hall–Kier alpha value is -1.14. The summed E-state index contributed by atoms with van der Waals surface area (Å²) in [7, 11) is 0. The minimum Gasteiger partial charge on any atom is -0.368 e. The summed E-state index contributed by atoms with van der Waals surface area (Å²) >= 11 is 0. The number of ether oxygens (including phenoxy) is 1. The topological polar surface area (TPSA) is 90.7 Å². The standard InChI is InChI=1S/C11H20N2O4/c1-2-9(17-8-5-3-4-6-8)11(15)13-16-7-10(12)14/h8-9H,2-7H2,1H3,(H2,12,14)(H,13,15).